The molecular formula is C96H152N8O16. The average Bonchev–Trinajstić information content (AvgIpc) is 0.724. The molecule has 24 heteroatoms. The van der Waals surface area contributed by atoms with Gasteiger partial charge >= 0.3 is 23.9 Å². The van der Waals surface area contributed by atoms with E-state index in [-0.39, 0.29) is 98.5 Å². The molecule has 24 nitrogen and oxygen atoms in total. The Balaban J connectivity index is 0.000000227. The van der Waals surface area contributed by atoms with Crippen molar-refractivity contribution in [2.75, 3.05) is 109 Å². The van der Waals surface area contributed by atoms with Crippen LogP contribution in [0.1, 0.15) is 277 Å². The number of hydrogen-bond acceptors (Lipinski definition) is 24. The Hall–Kier alpha value is -7.16. The van der Waals surface area contributed by atoms with Crippen molar-refractivity contribution in [2.24, 2.45) is 93.9 Å². The number of hydrogen-bond donors (Lipinski definition) is 4. The van der Waals surface area contributed by atoms with Gasteiger partial charge in [0.25, 0.3) is 0 Å². The summed E-state index contributed by atoms with van der Waals surface area (Å²) in [5.41, 5.74) is 30.4. The second-order valence-electron chi connectivity index (χ2n) is 33.2. The number of piperidine rings is 4. The Kier molecular flexibility index (Phi) is 21.6. The molecule has 0 aromatic heterocycles. The SMILES string of the molecule is [2H]C([2H])([2H])Oc1cc2c(cc1OC)C1CC([2H])(OC(=O)[C@@H](N)C(C)C)C(C([2H])([2H])C([2H])(C)C([2H])([2H])[2H])CN1CC2.[2H]C([2H])([2H])Oc1cc2c(cc1OC)C1CC([2H])(OC(=O)[C@@H](N)C(C)C)C(C([2H])([2H])C([2H])(C)C([2H])([2H])[2H])CN1CC2.[2H]C1(OC(=O)[C@@H](N)C(C)C)CC2c3cc(OC)c(OC)cc3CCN2CC1C([2H])([2H])C([2H])(C)C([2H])([2H])[2H].[2H]C1(OC(=O)[C@@H](N)C(C)C)CC2c3cc(OC)c(OC)cc3CCN2CC1C([2H])([2H])C([2H])(C)C([2H])([2H])[2H]. The number of carbonyl (C=O) groups is 4. The number of nitrogens with zero attached hydrogens (tertiary/aromatic N) is 4. The minimum absolute atomic E-state index is 0.0221. The zero-order chi connectivity index (χ0) is 118. The number of esters is 4. The summed E-state index contributed by atoms with van der Waals surface area (Å²) in [6, 6.07) is 7.38. The van der Waals surface area contributed by atoms with Gasteiger partial charge in [-0.2, -0.15) is 0 Å². The maximum Gasteiger partial charge on any atom is 0.323 e. The zero-order valence-electron chi connectivity index (χ0n) is 107. The van der Waals surface area contributed by atoms with Crippen LogP contribution in [0.15, 0.2) is 48.5 Å². The van der Waals surface area contributed by atoms with Crippen LogP contribution in [0.2, 0.25) is 0 Å². The van der Waals surface area contributed by atoms with Crippen molar-refractivity contribution in [3.05, 3.63) is 93.0 Å². The predicted molar refractivity (Wildman–Crippen MR) is 471 cm³/mol. The average molecular weight is 1710 g/mol. The number of benzene rings is 4. The summed E-state index contributed by atoms with van der Waals surface area (Å²) in [5, 5.41) is 0. The first-order valence-corrected chi connectivity index (χ1v) is 41.1. The van der Waals surface area contributed by atoms with Crippen LogP contribution in [-0.4, -0.2) is 201 Å². The number of methoxy groups -OCH3 is 8. The fourth-order valence-corrected chi connectivity index (χ4v) is 16.5. The maximum absolute atomic E-state index is 13.0. The molecule has 4 saturated heterocycles. The molecule has 4 aromatic rings. The lowest BCUT2D eigenvalue weighted by Gasteiger charge is -2.47. The van der Waals surface area contributed by atoms with E-state index in [1.165, 1.54) is 28.4 Å². The Morgan fingerprint density at radius 1 is 0.350 bits per heavy atom. The Labute approximate surface area is 766 Å². The van der Waals surface area contributed by atoms with Gasteiger partial charge in [-0.05, 0) is 191 Å². The minimum Gasteiger partial charge on any atom is -0.493 e. The topological polar surface area (TPSA) is 296 Å². The van der Waals surface area contributed by atoms with Crippen molar-refractivity contribution in [1.29, 1.82) is 0 Å². The Morgan fingerprint density at radius 3 is 0.717 bits per heavy atom. The zero-order valence-corrected chi connectivity index (χ0v) is 72.8. The molecule has 16 unspecified atom stereocenters. The molecule has 0 aliphatic carbocycles. The fraction of sp³-hybridized carbons (Fsp3) is 0.708. The molecule has 8 N–H and O–H groups in total. The van der Waals surface area contributed by atoms with Crippen LogP contribution in [0.3, 0.4) is 0 Å². The first kappa shape index (κ1) is 58.9. The molecule has 8 aliphatic heterocycles. The lowest BCUT2D eigenvalue weighted by Crippen LogP contribution is -2.51. The predicted octanol–water partition coefficient (Wildman–Crippen LogP) is 14.3. The monoisotopic (exact) mass is 1710 g/mol. The molecule has 4 fully saturated rings. The van der Waals surface area contributed by atoms with Crippen molar-refractivity contribution < 1.29 is 123 Å². The van der Waals surface area contributed by atoms with E-state index < -0.39 is 211 Å². The van der Waals surface area contributed by atoms with E-state index in [0.717, 1.165) is 61.1 Å². The highest BCUT2D eigenvalue weighted by Crippen LogP contribution is 2.50. The number of nitrogens with two attached hydrogens (primary N) is 4. The van der Waals surface area contributed by atoms with Gasteiger partial charge < -0.3 is 79.8 Å². The molecule has 4 aromatic carbocycles. The van der Waals surface area contributed by atoms with Crippen LogP contribution in [0.5, 0.6) is 46.0 Å². The van der Waals surface area contributed by atoms with Gasteiger partial charge in [0, 0.05) is 159 Å². The van der Waals surface area contributed by atoms with Gasteiger partial charge in [0.15, 0.2) is 46.0 Å². The second kappa shape index (κ2) is 43.9. The van der Waals surface area contributed by atoms with Crippen LogP contribution >= 0.6 is 0 Å². The molecule has 0 amide bonds. The first-order chi connectivity index (χ1) is 69.9. The summed E-state index contributed by atoms with van der Waals surface area (Å²) < 4.78 is 347. The normalized spacial score (nSPS) is 34.6. The lowest BCUT2D eigenvalue weighted by atomic mass is 9.79. The van der Waals surface area contributed by atoms with Crippen LogP contribution < -0.4 is 60.8 Å². The van der Waals surface area contributed by atoms with Gasteiger partial charge in [-0.25, -0.2) is 0 Å². The summed E-state index contributed by atoms with van der Waals surface area (Å²) in [4.78, 5) is 59.6. The highest BCUT2D eigenvalue weighted by Gasteiger charge is 2.47. The van der Waals surface area contributed by atoms with Gasteiger partial charge in [0.1, 0.15) is 48.5 Å². The van der Waals surface area contributed by atoms with E-state index >= 15 is 0 Å². The molecule has 12 rings (SSSR count). The van der Waals surface area contributed by atoms with E-state index in [1.54, 1.807) is 93.9 Å². The Bertz CT molecular complexity index is 5240. The lowest BCUT2D eigenvalue weighted by molar-refractivity contribution is -0.161. The quantitative estimate of drug-likeness (QED) is 0.0303. The van der Waals surface area contributed by atoms with Crippen molar-refractivity contribution in [3.8, 4) is 46.0 Å². The fourth-order valence-electron chi connectivity index (χ4n) is 16.5. The molecule has 8 aliphatic rings. The van der Waals surface area contributed by atoms with Crippen molar-refractivity contribution in [3.63, 3.8) is 0 Å². The molecular weight excluding hydrogens is 1520 g/mol. The highest BCUT2D eigenvalue weighted by atomic mass is 16.6. The summed E-state index contributed by atoms with van der Waals surface area (Å²) in [7, 11) is 3.41. The van der Waals surface area contributed by atoms with Crippen LogP contribution in [-0.2, 0) is 63.8 Å². The third-order valence-electron chi connectivity index (χ3n) is 23.5. The molecule has 0 bridgehead atoms. The summed E-state index contributed by atoms with van der Waals surface area (Å²) in [6.07, 6.45) is -18.6. The number of carbonyl (C=O) groups excluding carboxylic acids is 4. The van der Waals surface area contributed by atoms with Crippen molar-refractivity contribution in [2.45, 2.75) is 260 Å². The van der Waals surface area contributed by atoms with Crippen molar-refractivity contribution >= 4 is 23.9 Å². The highest BCUT2D eigenvalue weighted by molar-refractivity contribution is 5.77. The third-order valence-corrected chi connectivity index (χ3v) is 23.5. The van der Waals surface area contributed by atoms with E-state index in [9.17, 15) is 24.7 Å². The van der Waals surface area contributed by atoms with E-state index in [0.29, 0.717) is 86.0 Å². The Morgan fingerprint density at radius 2 is 0.542 bits per heavy atom. The molecule has 0 spiro atoms. The molecule has 8 heterocycles. The van der Waals surface area contributed by atoms with E-state index in [1.807, 2.05) is 43.9 Å². The van der Waals surface area contributed by atoms with Crippen LogP contribution in [0.25, 0.3) is 0 Å². The number of ether oxygens (including phenoxy) is 12. The molecule has 0 radical (unpaired) electrons. The van der Waals surface area contributed by atoms with E-state index in [4.69, 9.17) is 121 Å². The van der Waals surface area contributed by atoms with Gasteiger partial charge in [0.2, 0.25) is 0 Å². The van der Waals surface area contributed by atoms with Gasteiger partial charge in [0.05, 0.1) is 70.4 Å². The summed E-state index contributed by atoms with van der Waals surface area (Å²) in [6.45, 7) is 6.87. The van der Waals surface area contributed by atoms with E-state index in [2.05, 4.69) is 0 Å². The van der Waals surface area contributed by atoms with Gasteiger partial charge in [-0.3, -0.25) is 38.8 Å². The molecule has 20 atom stereocenters. The van der Waals surface area contributed by atoms with Gasteiger partial charge in [-0.15, -0.1) is 0 Å². The number of fused-ring (bicyclic) bond motifs is 12. The standard InChI is InChI=1S/4C24H38N2O4/c4*1-14(2)9-17-13-26-8-7-16-10-21(28-5)22(29-6)11-18(16)19(26)12-20(17)30-24(27)23(25)15(3)4/h4*10-11,14-15,17,19-20,23H,7-9,12-13,25H2,1-6H3/t4*17?,19?,20?,23-/m0000/s1/i2*1D3,5D3,9D2,14D,20D;2*1D3,9D2,14D,20D/t4*14?,17?,19?,20?,23-. The first-order valence-electron chi connectivity index (χ1n) is 58.1. The maximum atomic E-state index is 13.0. The largest absolute Gasteiger partial charge is 0.493 e. The third kappa shape index (κ3) is 23.8. The van der Waals surface area contributed by atoms with Gasteiger partial charge in [-0.1, -0.05) is 110 Å². The number of rotatable bonds is 28. The summed E-state index contributed by atoms with van der Waals surface area (Å²) >= 11 is 0. The molecule has 120 heavy (non-hydrogen) atoms. The van der Waals surface area contributed by atoms with Crippen molar-refractivity contribution in [1.82, 2.24) is 19.6 Å². The minimum atomic E-state index is -3.03. The van der Waals surface area contributed by atoms with Crippen LogP contribution in [0, 0.1) is 70.9 Å². The molecule has 672 valence electrons. The summed E-state index contributed by atoms with van der Waals surface area (Å²) in [5.74, 6) is -18.6. The molecule has 0 saturated carbocycles. The second-order valence-corrected chi connectivity index (χ2v) is 33.2. The van der Waals surface area contributed by atoms with Crippen LogP contribution in [0.4, 0.5) is 0 Å². The smallest absolute Gasteiger partial charge is 0.323 e.